The van der Waals surface area contributed by atoms with Gasteiger partial charge in [0, 0.05) is 13.5 Å². The SMILES string of the molecule is Cc1nnc(CN(C)Cc2ccc(CCC(C)(C)O)cc2)o1. The number of aryl methyl sites for hydroxylation is 2. The van der Waals surface area contributed by atoms with Crippen molar-refractivity contribution in [3.05, 3.63) is 47.2 Å². The van der Waals surface area contributed by atoms with Crippen molar-refractivity contribution in [2.24, 2.45) is 0 Å². The third-order valence-corrected chi connectivity index (χ3v) is 3.47. The molecule has 2 aromatic rings. The summed E-state index contributed by atoms with van der Waals surface area (Å²) in [6.45, 7) is 6.95. The van der Waals surface area contributed by atoms with Gasteiger partial charge in [0.15, 0.2) is 0 Å². The van der Waals surface area contributed by atoms with E-state index in [1.54, 1.807) is 6.92 Å². The van der Waals surface area contributed by atoms with Crippen LogP contribution in [0.1, 0.15) is 43.2 Å². The maximum Gasteiger partial charge on any atom is 0.230 e. The highest BCUT2D eigenvalue weighted by Crippen LogP contribution is 2.15. The Labute approximate surface area is 132 Å². The second kappa shape index (κ2) is 7.03. The van der Waals surface area contributed by atoms with Crippen molar-refractivity contribution in [1.29, 1.82) is 0 Å². The molecule has 0 spiro atoms. The van der Waals surface area contributed by atoms with Crippen LogP contribution in [-0.4, -0.2) is 32.9 Å². The quantitative estimate of drug-likeness (QED) is 0.852. The van der Waals surface area contributed by atoms with Crippen molar-refractivity contribution < 1.29 is 9.52 Å². The third-order valence-electron chi connectivity index (χ3n) is 3.47. The lowest BCUT2D eigenvalue weighted by molar-refractivity contribution is 0.0714. The molecule has 0 amide bonds. The van der Waals surface area contributed by atoms with Gasteiger partial charge in [0.2, 0.25) is 11.8 Å². The van der Waals surface area contributed by atoms with Crippen molar-refractivity contribution >= 4 is 0 Å². The van der Waals surface area contributed by atoms with Gasteiger partial charge in [-0.15, -0.1) is 10.2 Å². The number of aromatic nitrogens is 2. The minimum absolute atomic E-state index is 0.597. The summed E-state index contributed by atoms with van der Waals surface area (Å²) in [6, 6.07) is 8.53. The van der Waals surface area contributed by atoms with Crippen LogP contribution in [0.15, 0.2) is 28.7 Å². The van der Waals surface area contributed by atoms with Gasteiger partial charge in [-0.25, -0.2) is 0 Å². The first-order chi connectivity index (χ1) is 10.3. The Hall–Kier alpha value is -1.72. The molecule has 5 heteroatoms. The number of nitrogens with zero attached hydrogens (tertiary/aromatic N) is 3. The summed E-state index contributed by atoms with van der Waals surface area (Å²) in [6.07, 6.45) is 1.66. The Bertz CT molecular complexity index is 585. The fourth-order valence-electron chi connectivity index (χ4n) is 2.26. The highest BCUT2D eigenvalue weighted by atomic mass is 16.4. The van der Waals surface area contributed by atoms with Crippen LogP contribution in [0.25, 0.3) is 0 Å². The molecule has 1 aromatic carbocycles. The molecule has 120 valence electrons. The van der Waals surface area contributed by atoms with E-state index >= 15 is 0 Å². The molecule has 0 fully saturated rings. The summed E-state index contributed by atoms with van der Waals surface area (Å²) >= 11 is 0. The summed E-state index contributed by atoms with van der Waals surface area (Å²) in [4.78, 5) is 2.14. The van der Waals surface area contributed by atoms with E-state index in [0.717, 1.165) is 19.4 Å². The number of hydrogen-bond acceptors (Lipinski definition) is 5. The van der Waals surface area contributed by atoms with Crippen molar-refractivity contribution in [2.75, 3.05) is 7.05 Å². The predicted molar refractivity (Wildman–Crippen MR) is 85.3 cm³/mol. The smallest absolute Gasteiger partial charge is 0.230 e. The first-order valence-electron chi connectivity index (χ1n) is 7.59. The normalized spacial score (nSPS) is 12.1. The summed E-state index contributed by atoms with van der Waals surface area (Å²) in [5, 5.41) is 17.6. The van der Waals surface area contributed by atoms with E-state index in [2.05, 4.69) is 39.4 Å². The van der Waals surface area contributed by atoms with Crippen molar-refractivity contribution in [3.63, 3.8) is 0 Å². The summed E-state index contributed by atoms with van der Waals surface area (Å²) < 4.78 is 5.39. The molecule has 0 aliphatic heterocycles. The maximum absolute atomic E-state index is 9.77. The van der Waals surface area contributed by atoms with E-state index < -0.39 is 5.60 Å². The van der Waals surface area contributed by atoms with E-state index in [-0.39, 0.29) is 0 Å². The third kappa shape index (κ3) is 5.58. The van der Waals surface area contributed by atoms with Crippen molar-refractivity contribution in [3.8, 4) is 0 Å². The van der Waals surface area contributed by atoms with Gasteiger partial charge in [-0.05, 0) is 44.9 Å². The maximum atomic E-state index is 9.77. The fraction of sp³-hybridized carbons (Fsp3) is 0.529. The zero-order chi connectivity index (χ0) is 16.2. The molecule has 1 heterocycles. The standard InChI is InChI=1S/C17H25N3O2/c1-13-18-19-16(22-13)12-20(4)11-15-7-5-14(6-8-15)9-10-17(2,3)21/h5-8,21H,9-12H2,1-4H3. The van der Waals surface area contributed by atoms with Crippen LogP contribution in [0.4, 0.5) is 0 Å². The second-order valence-corrected chi connectivity index (χ2v) is 6.52. The molecule has 5 nitrogen and oxygen atoms in total. The average Bonchev–Trinajstić information content (AvgIpc) is 2.82. The lowest BCUT2D eigenvalue weighted by atomic mass is 9.98. The van der Waals surface area contributed by atoms with Crippen LogP contribution >= 0.6 is 0 Å². The highest BCUT2D eigenvalue weighted by molar-refractivity contribution is 5.22. The number of rotatable bonds is 7. The summed E-state index contributed by atoms with van der Waals surface area (Å²) in [7, 11) is 2.03. The zero-order valence-electron chi connectivity index (χ0n) is 13.8. The van der Waals surface area contributed by atoms with Crippen molar-refractivity contribution in [1.82, 2.24) is 15.1 Å². The van der Waals surface area contributed by atoms with E-state index in [0.29, 0.717) is 18.3 Å². The van der Waals surface area contributed by atoms with Gasteiger partial charge in [0.25, 0.3) is 0 Å². The Kier molecular flexibility index (Phi) is 5.32. The molecule has 1 aromatic heterocycles. The largest absolute Gasteiger partial charge is 0.424 e. The molecular formula is C17H25N3O2. The lowest BCUT2D eigenvalue weighted by Crippen LogP contribution is -2.19. The van der Waals surface area contributed by atoms with Gasteiger partial charge >= 0.3 is 0 Å². The molecule has 0 radical (unpaired) electrons. The van der Waals surface area contributed by atoms with Crippen molar-refractivity contribution in [2.45, 2.75) is 52.3 Å². The number of benzene rings is 1. The zero-order valence-corrected chi connectivity index (χ0v) is 13.8. The number of hydrogen-bond donors (Lipinski definition) is 1. The lowest BCUT2D eigenvalue weighted by Gasteiger charge is -2.17. The molecule has 0 aliphatic rings. The van der Waals surface area contributed by atoms with Crippen LogP contribution < -0.4 is 0 Å². The molecule has 0 atom stereocenters. The van der Waals surface area contributed by atoms with Gasteiger partial charge in [0.1, 0.15) is 0 Å². The van der Waals surface area contributed by atoms with E-state index in [4.69, 9.17) is 4.42 Å². The number of aliphatic hydroxyl groups is 1. The molecule has 0 saturated heterocycles. The van der Waals surface area contributed by atoms with Crippen LogP contribution in [0.2, 0.25) is 0 Å². The van der Waals surface area contributed by atoms with Gasteiger partial charge in [-0.1, -0.05) is 24.3 Å². The molecule has 0 aliphatic carbocycles. The summed E-state index contributed by atoms with van der Waals surface area (Å²) in [5.74, 6) is 1.24. The monoisotopic (exact) mass is 303 g/mol. The van der Waals surface area contributed by atoms with E-state index in [1.165, 1.54) is 11.1 Å². The van der Waals surface area contributed by atoms with Gasteiger partial charge < -0.3 is 9.52 Å². The van der Waals surface area contributed by atoms with Crippen LogP contribution in [0.5, 0.6) is 0 Å². The topological polar surface area (TPSA) is 62.4 Å². The van der Waals surface area contributed by atoms with Gasteiger partial charge in [0.05, 0.1) is 12.1 Å². The molecule has 0 unspecified atom stereocenters. The predicted octanol–water partition coefficient (Wildman–Crippen LogP) is 2.71. The van der Waals surface area contributed by atoms with Crippen LogP contribution in [0.3, 0.4) is 0 Å². The van der Waals surface area contributed by atoms with E-state index in [1.807, 2.05) is 20.9 Å². The highest BCUT2D eigenvalue weighted by Gasteiger charge is 2.12. The minimum atomic E-state index is -0.610. The molecule has 0 saturated carbocycles. The Morgan fingerprint density at radius 2 is 1.73 bits per heavy atom. The Balaban J connectivity index is 1.85. The minimum Gasteiger partial charge on any atom is -0.424 e. The Morgan fingerprint density at radius 3 is 2.27 bits per heavy atom. The first kappa shape index (κ1) is 16.6. The second-order valence-electron chi connectivity index (χ2n) is 6.52. The molecule has 2 rings (SSSR count). The summed E-state index contributed by atoms with van der Waals surface area (Å²) in [5.41, 5.74) is 1.88. The fourth-order valence-corrected chi connectivity index (χ4v) is 2.26. The molecule has 0 bridgehead atoms. The first-order valence-corrected chi connectivity index (χ1v) is 7.59. The average molecular weight is 303 g/mol. The van der Waals surface area contributed by atoms with Crippen LogP contribution in [0, 0.1) is 6.92 Å². The van der Waals surface area contributed by atoms with Gasteiger partial charge in [-0.3, -0.25) is 4.90 Å². The molecular weight excluding hydrogens is 278 g/mol. The van der Waals surface area contributed by atoms with Crippen LogP contribution in [-0.2, 0) is 19.5 Å². The Morgan fingerprint density at radius 1 is 1.09 bits per heavy atom. The van der Waals surface area contributed by atoms with E-state index in [9.17, 15) is 5.11 Å². The molecule has 22 heavy (non-hydrogen) atoms. The molecule has 1 N–H and O–H groups in total. The van der Waals surface area contributed by atoms with Gasteiger partial charge in [-0.2, -0.15) is 0 Å².